The third-order valence-electron chi connectivity index (χ3n) is 5.73. The lowest BCUT2D eigenvalue weighted by Crippen LogP contribution is -2.84. The summed E-state index contributed by atoms with van der Waals surface area (Å²) in [4.78, 5) is 12.5. The Morgan fingerprint density at radius 3 is 2.50 bits per heavy atom. The van der Waals surface area contributed by atoms with Gasteiger partial charge < -0.3 is 16.0 Å². The van der Waals surface area contributed by atoms with Crippen molar-refractivity contribution in [2.75, 3.05) is 11.9 Å². The molecule has 166 valence electrons. The molecule has 32 heavy (non-hydrogen) atoms. The fourth-order valence-electron chi connectivity index (χ4n) is 3.95. The molecule has 3 aromatic rings. The van der Waals surface area contributed by atoms with Gasteiger partial charge in [0.2, 0.25) is 0 Å². The number of nitrogens with two attached hydrogens (primary N) is 1. The van der Waals surface area contributed by atoms with Gasteiger partial charge >= 0.3 is 6.03 Å². The van der Waals surface area contributed by atoms with Gasteiger partial charge in [-0.2, -0.15) is 0 Å². The monoisotopic (exact) mass is 450 g/mol. The molecule has 0 saturated heterocycles. The minimum atomic E-state index is -3.48. The van der Waals surface area contributed by atoms with Crippen LogP contribution in [0.1, 0.15) is 35.2 Å². The largest absolute Gasteiger partial charge is 0.342 e. The summed E-state index contributed by atoms with van der Waals surface area (Å²) in [6.45, 7) is 3.90. The first-order chi connectivity index (χ1) is 15.4. The lowest BCUT2D eigenvalue weighted by molar-refractivity contribution is -0.673. The lowest BCUT2D eigenvalue weighted by Gasteiger charge is -2.16. The second-order valence-electron chi connectivity index (χ2n) is 8.15. The molecular weight excluding hydrogens is 422 g/mol. The Morgan fingerprint density at radius 2 is 1.75 bits per heavy atom. The minimum absolute atomic E-state index is 0.0359. The molecule has 0 fully saturated rings. The summed E-state index contributed by atoms with van der Waals surface area (Å²) in [5.41, 5.74) is 4.88. The average Bonchev–Trinajstić information content (AvgIpc) is 2.79. The molecule has 1 heterocycles. The predicted octanol–water partition coefficient (Wildman–Crippen LogP) is 3.16. The van der Waals surface area contributed by atoms with E-state index in [1.807, 2.05) is 55.5 Å². The van der Waals surface area contributed by atoms with E-state index in [4.69, 9.17) is 0 Å². The van der Waals surface area contributed by atoms with Gasteiger partial charge in [0, 0.05) is 17.7 Å². The zero-order valence-corrected chi connectivity index (χ0v) is 18.9. The smallest absolute Gasteiger partial charge is 0.319 e. The fraction of sp³-hybridized carbons (Fsp3) is 0.240. The number of nitrogens with one attached hydrogen (secondary N) is 2. The molecule has 4 N–H and O–H groups in total. The number of urea groups is 1. The molecule has 1 aliphatic heterocycles. The fourth-order valence-corrected chi connectivity index (χ4v) is 5.29. The van der Waals surface area contributed by atoms with Gasteiger partial charge in [-0.05, 0) is 47.9 Å². The van der Waals surface area contributed by atoms with Crippen LogP contribution in [-0.2, 0) is 28.6 Å². The van der Waals surface area contributed by atoms with Crippen LogP contribution in [0.25, 0.3) is 0 Å². The van der Waals surface area contributed by atoms with Crippen LogP contribution in [-0.4, -0.2) is 21.0 Å². The van der Waals surface area contributed by atoms with E-state index >= 15 is 0 Å². The molecule has 0 aliphatic carbocycles. The molecule has 0 aromatic heterocycles. The van der Waals surface area contributed by atoms with Gasteiger partial charge in [0.1, 0.15) is 6.54 Å². The van der Waals surface area contributed by atoms with Crippen LogP contribution in [0.15, 0.2) is 77.7 Å². The van der Waals surface area contributed by atoms with Crippen LogP contribution in [0.2, 0.25) is 0 Å². The Kier molecular flexibility index (Phi) is 6.58. The molecule has 7 heteroatoms. The first kappa shape index (κ1) is 22.0. The van der Waals surface area contributed by atoms with Crippen molar-refractivity contribution in [3.63, 3.8) is 0 Å². The first-order valence-electron chi connectivity index (χ1n) is 10.8. The quantitative estimate of drug-likeness (QED) is 0.539. The average molecular weight is 451 g/mol. The molecular formula is C25H28N3O3S+. The number of sulfone groups is 1. The van der Waals surface area contributed by atoms with Crippen LogP contribution >= 0.6 is 0 Å². The standard InChI is InChI=1S/C25H27N3O3S/c1-18(20-5-3-2-4-6-20)27-25(29)28-23-9-11-24(12-10-23)32(30,31)17-19-7-8-22-16-26-14-13-21(22)15-19/h2-12,15,18,26H,13-14,16-17H2,1H3,(H2,27,28,29)/p+1/t18-/m0/s1. The minimum Gasteiger partial charge on any atom is -0.342 e. The zero-order valence-electron chi connectivity index (χ0n) is 18.0. The summed E-state index contributed by atoms with van der Waals surface area (Å²) in [7, 11) is -3.48. The maximum absolute atomic E-state index is 12.9. The van der Waals surface area contributed by atoms with Crippen LogP contribution in [0, 0.1) is 0 Å². The third kappa shape index (κ3) is 5.36. The van der Waals surface area contributed by atoms with Gasteiger partial charge in [-0.3, -0.25) is 0 Å². The summed E-state index contributed by atoms with van der Waals surface area (Å²) in [6.07, 6.45) is 0.967. The molecule has 1 aliphatic rings. The maximum atomic E-state index is 12.9. The van der Waals surface area contributed by atoms with Crippen LogP contribution in [0.3, 0.4) is 0 Å². The Morgan fingerprint density at radius 1 is 1.00 bits per heavy atom. The Labute approximate surface area is 189 Å². The highest BCUT2D eigenvalue weighted by Gasteiger charge is 2.18. The number of quaternary nitrogens is 1. The van der Waals surface area contributed by atoms with Gasteiger partial charge in [0.15, 0.2) is 9.84 Å². The van der Waals surface area contributed by atoms with Crippen molar-refractivity contribution in [1.29, 1.82) is 0 Å². The van der Waals surface area contributed by atoms with E-state index in [9.17, 15) is 13.2 Å². The number of fused-ring (bicyclic) bond motifs is 1. The predicted molar refractivity (Wildman–Crippen MR) is 125 cm³/mol. The van der Waals surface area contributed by atoms with Crippen molar-refractivity contribution >= 4 is 21.6 Å². The van der Waals surface area contributed by atoms with E-state index in [2.05, 4.69) is 16.0 Å². The van der Waals surface area contributed by atoms with Crippen molar-refractivity contribution < 1.29 is 18.5 Å². The summed E-state index contributed by atoms with van der Waals surface area (Å²) >= 11 is 0. The van der Waals surface area contributed by atoms with Crippen molar-refractivity contribution in [3.05, 3.63) is 95.1 Å². The van der Waals surface area contributed by atoms with Gasteiger partial charge in [-0.25, -0.2) is 13.2 Å². The van der Waals surface area contributed by atoms with E-state index in [-0.39, 0.29) is 22.7 Å². The highest BCUT2D eigenvalue weighted by Crippen LogP contribution is 2.21. The highest BCUT2D eigenvalue weighted by atomic mass is 32.2. The molecule has 0 spiro atoms. The molecule has 2 amide bonds. The molecule has 0 bridgehead atoms. The molecule has 1 atom stereocenters. The number of carbonyl (C=O) groups excluding carboxylic acids is 1. The number of amides is 2. The summed E-state index contributed by atoms with van der Waals surface area (Å²) in [6, 6.07) is 21.5. The number of hydrogen-bond acceptors (Lipinski definition) is 3. The Hall–Kier alpha value is -3.16. The van der Waals surface area contributed by atoms with E-state index in [1.165, 1.54) is 11.1 Å². The molecule has 4 rings (SSSR count). The van der Waals surface area contributed by atoms with Gasteiger partial charge in [0.25, 0.3) is 0 Å². The van der Waals surface area contributed by atoms with Gasteiger partial charge in [-0.1, -0.05) is 48.5 Å². The Balaban J connectivity index is 1.38. The normalized spacial score (nSPS) is 14.3. The maximum Gasteiger partial charge on any atom is 0.319 e. The summed E-state index contributed by atoms with van der Waals surface area (Å²) < 4.78 is 25.8. The Bertz CT molecular complexity index is 1190. The van der Waals surface area contributed by atoms with Crippen molar-refractivity contribution in [2.24, 2.45) is 0 Å². The number of anilines is 1. The van der Waals surface area contributed by atoms with Crippen molar-refractivity contribution in [3.8, 4) is 0 Å². The highest BCUT2D eigenvalue weighted by molar-refractivity contribution is 7.90. The SMILES string of the molecule is C[C@H](NC(=O)Nc1ccc(S(=O)(=O)Cc2ccc3c(c2)CC[NH2+]C3)cc1)c1ccccc1. The zero-order chi connectivity index (χ0) is 22.6. The number of carbonyl (C=O) groups is 1. The summed E-state index contributed by atoms with van der Waals surface area (Å²) in [5.74, 6) is -0.0359. The molecule has 3 aromatic carbocycles. The molecule has 6 nitrogen and oxygen atoms in total. The van der Waals surface area contributed by atoms with Gasteiger partial charge in [-0.15, -0.1) is 0 Å². The van der Waals surface area contributed by atoms with E-state index < -0.39 is 9.84 Å². The van der Waals surface area contributed by atoms with Crippen LogP contribution in [0.4, 0.5) is 10.5 Å². The molecule has 0 radical (unpaired) electrons. The van der Waals surface area contributed by atoms with E-state index in [0.29, 0.717) is 5.69 Å². The lowest BCUT2D eigenvalue weighted by atomic mass is 9.99. The topological polar surface area (TPSA) is 91.9 Å². The second kappa shape index (κ2) is 9.54. The first-order valence-corrected chi connectivity index (χ1v) is 12.4. The number of benzene rings is 3. The number of rotatable bonds is 6. The second-order valence-corrected chi connectivity index (χ2v) is 10.1. The van der Waals surface area contributed by atoms with E-state index in [1.54, 1.807) is 24.3 Å². The van der Waals surface area contributed by atoms with E-state index in [0.717, 1.165) is 30.6 Å². The molecule has 0 unspecified atom stereocenters. The van der Waals surface area contributed by atoms with Crippen molar-refractivity contribution in [2.45, 2.75) is 36.6 Å². The molecule has 0 saturated carbocycles. The van der Waals surface area contributed by atoms with Gasteiger partial charge in [0.05, 0.1) is 23.2 Å². The van der Waals surface area contributed by atoms with Crippen molar-refractivity contribution in [1.82, 2.24) is 5.32 Å². The third-order valence-corrected chi connectivity index (χ3v) is 7.43. The number of hydrogen-bond donors (Lipinski definition) is 3. The summed E-state index contributed by atoms with van der Waals surface area (Å²) in [5, 5.41) is 7.89. The van der Waals surface area contributed by atoms with Crippen LogP contribution < -0.4 is 16.0 Å². The van der Waals surface area contributed by atoms with Crippen LogP contribution in [0.5, 0.6) is 0 Å².